The van der Waals surface area contributed by atoms with Crippen molar-refractivity contribution in [3.63, 3.8) is 0 Å². The van der Waals surface area contributed by atoms with Crippen molar-refractivity contribution in [3.05, 3.63) is 142 Å². The van der Waals surface area contributed by atoms with E-state index in [1.165, 1.54) is 11.6 Å². The number of hydrogen-bond donors (Lipinski definition) is 1. The van der Waals surface area contributed by atoms with Gasteiger partial charge < -0.3 is 10.0 Å². The summed E-state index contributed by atoms with van der Waals surface area (Å²) in [5.41, 5.74) is 4.12. The van der Waals surface area contributed by atoms with E-state index in [0.29, 0.717) is 48.9 Å². The summed E-state index contributed by atoms with van der Waals surface area (Å²) >= 11 is 0. The molecule has 0 aliphatic carbocycles. The van der Waals surface area contributed by atoms with Gasteiger partial charge in [0.2, 0.25) is 0 Å². The Morgan fingerprint density at radius 2 is 1.55 bits per heavy atom. The third-order valence-corrected chi connectivity index (χ3v) is 9.27. The van der Waals surface area contributed by atoms with Crippen LogP contribution in [0.1, 0.15) is 93.6 Å². The Bertz CT molecular complexity index is 1630. The average Bonchev–Trinajstić information content (AvgIpc) is 3.58. The fourth-order valence-electron chi connectivity index (χ4n) is 6.59. The van der Waals surface area contributed by atoms with Gasteiger partial charge in [0.15, 0.2) is 5.78 Å². The molecular formula is C40H42F3NO3. The summed E-state index contributed by atoms with van der Waals surface area (Å²) in [6.45, 7) is 2.77. The van der Waals surface area contributed by atoms with Gasteiger partial charge in [0.1, 0.15) is 0 Å². The number of Topliss-reactive ketones (excluding diaryl/α,β-unsaturated/α-hetero) is 1. The summed E-state index contributed by atoms with van der Waals surface area (Å²) < 4.78 is 39.5. The largest absolute Gasteiger partial charge is 0.416 e. The van der Waals surface area contributed by atoms with Crippen LogP contribution in [0.15, 0.2) is 103 Å². The Hall–Kier alpha value is -4.23. The van der Waals surface area contributed by atoms with Crippen LogP contribution in [0.25, 0.3) is 0 Å². The van der Waals surface area contributed by atoms with E-state index in [1.54, 1.807) is 30.3 Å². The number of halogens is 3. The minimum Gasteiger partial charge on any atom is -0.393 e. The van der Waals surface area contributed by atoms with E-state index in [2.05, 4.69) is 31.2 Å². The highest BCUT2D eigenvalue weighted by molar-refractivity contribution is 6.01. The van der Waals surface area contributed by atoms with Gasteiger partial charge in [-0.3, -0.25) is 9.59 Å². The molecule has 0 spiro atoms. The zero-order valence-electron chi connectivity index (χ0n) is 26.8. The molecule has 1 aliphatic heterocycles. The van der Waals surface area contributed by atoms with Crippen LogP contribution in [0.2, 0.25) is 0 Å². The first-order valence-electron chi connectivity index (χ1n) is 16.5. The number of aliphatic hydroxyl groups is 1. The van der Waals surface area contributed by atoms with Crippen LogP contribution >= 0.6 is 0 Å². The number of alkyl halides is 3. The topological polar surface area (TPSA) is 57.6 Å². The Kier molecular flexibility index (Phi) is 11.3. The lowest BCUT2D eigenvalue weighted by atomic mass is 9.85. The summed E-state index contributed by atoms with van der Waals surface area (Å²) in [7, 11) is 0. The van der Waals surface area contributed by atoms with Gasteiger partial charge >= 0.3 is 6.18 Å². The van der Waals surface area contributed by atoms with Gasteiger partial charge in [0.25, 0.3) is 5.91 Å². The molecule has 1 fully saturated rings. The fourth-order valence-corrected chi connectivity index (χ4v) is 6.59. The smallest absolute Gasteiger partial charge is 0.393 e. The van der Waals surface area contributed by atoms with Gasteiger partial charge in [-0.05, 0) is 91.3 Å². The lowest BCUT2D eigenvalue weighted by Gasteiger charge is -2.26. The van der Waals surface area contributed by atoms with Crippen molar-refractivity contribution in [2.45, 2.75) is 76.6 Å². The maximum Gasteiger partial charge on any atom is 0.416 e. The predicted octanol–water partition coefficient (Wildman–Crippen LogP) is 9.06. The minimum atomic E-state index is -4.41. The maximum atomic E-state index is 13.7. The van der Waals surface area contributed by atoms with Crippen LogP contribution in [-0.4, -0.2) is 34.3 Å². The summed E-state index contributed by atoms with van der Waals surface area (Å²) in [6.07, 6.45) is -0.724. The average molecular weight is 642 g/mol. The van der Waals surface area contributed by atoms with E-state index in [0.717, 1.165) is 42.5 Å². The Morgan fingerprint density at radius 3 is 2.28 bits per heavy atom. The van der Waals surface area contributed by atoms with E-state index in [-0.39, 0.29) is 24.2 Å². The molecule has 0 saturated carbocycles. The van der Waals surface area contributed by atoms with E-state index in [4.69, 9.17) is 0 Å². The van der Waals surface area contributed by atoms with Crippen molar-refractivity contribution in [2.75, 3.05) is 6.54 Å². The van der Waals surface area contributed by atoms with Crippen LogP contribution in [-0.2, 0) is 25.4 Å². The third kappa shape index (κ3) is 8.98. The number of hydrogen-bond acceptors (Lipinski definition) is 3. The molecule has 1 amide bonds. The Morgan fingerprint density at radius 1 is 0.851 bits per heavy atom. The molecule has 5 rings (SSSR count). The van der Waals surface area contributed by atoms with Crippen LogP contribution < -0.4 is 0 Å². The highest BCUT2D eigenvalue weighted by Crippen LogP contribution is 2.34. The second-order valence-corrected chi connectivity index (χ2v) is 12.6. The molecule has 4 nitrogen and oxygen atoms in total. The summed E-state index contributed by atoms with van der Waals surface area (Å²) in [6, 6.07) is 30.2. The predicted molar refractivity (Wildman–Crippen MR) is 178 cm³/mol. The zero-order chi connectivity index (χ0) is 33.4. The van der Waals surface area contributed by atoms with Crippen LogP contribution in [0.4, 0.5) is 13.2 Å². The first kappa shape index (κ1) is 34.1. The fraction of sp³-hybridized carbons (Fsp3) is 0.350. The second kappa shape index (κ2) is 15.6. The molecule has 47 heavy (non-hydrogen) atoms. The Labute approximate surface area is 275 Å². The van der Waals surface area contributed by atoms with E-state index >= 15 is 0 Å². The molecule has 1 saturated heterocycles. The van der Waals surface area contributed by atoms with Crippen molar-refractivity contribution in [1.29, 1.82) is 0 Å². The standard InChI is InChI=1S/C40H42F3NO3/c1-2-28-19-21-31(22-20-28)36-17-9-23-44(36)39(47)33-15-8-14-32(26-33)38(46)27-34(24-29-10-4-3-5-11-29)37(45)18-7-13-30-12-6-16-35(25-30)40(41,42)43/h3-6,8,10-12,14-16,19-22,25-26,34,36-37,45H,2,7,9,13,17-18,23-24,27H2,1H3/t34-,36?,37-/m1/s1. The summed E-state index contributed by atoms with van der Waals surface area (Å²) in [4.78, 5) is 29.3. The molecule has 1 heterocycles. The third-order valence-electron chi connectivity index (χ3n) is 9.27. The van der Waals surface area contributed by atoms with Crippen molar-refractivity contribution in [2.24, 2.45) is 5.92 Å². The molecule has 1 N–H and O–H groups in total. The molecule has 7 heteroatoms. The number of aryl methyl sites for hydroxylation is 2. The molecule has 1 unspecified atom stereocenters. The number of benzene rings is 4. The molecule has 4 aromatic carbocycles. The van der Waals surface area contributed by atoms with Crippen LogP contribution in [0.3, 0.4) is 0 Å². The highest BCUT2D eigenvalue weighted by Gasteiger charge is 2.32. The molecule has 3 atom stereocenters. The quantitative estimate of drug-likeness (QED) is 0.148. The van der Waals surface area contributed by atoms with Gasteiger partial charge in [-0.1, -0.05) is 91.9 Å². The monoisotopic (exact) mass is 641 g/mol. The van der Waals surface area contributed by atoms with Gasteiger partial charge in [-0.15, -0.1) is 0 Å². The molecule has 246 valence electrons. The number of ketones is 1. The van der Waals surface area contributed by atoms with E-state index in [1.807, 2.05) is 35.2 Å². The SMILES string of the molecule is CCc1ccc(C2CCCN2C(=O)c2cccc(C(=O)C[C@@H](Cc3ccccc3)[C@H](O)CCCc3cccc(C(F)(F)F)c3)c2)cc1. The number of carbonyl (C=O) groups excluding carboxylic acids is 2. The van der Waals surface area contributed by atoms with Crippen molar-refractivity contribution in [3.8, 4) is 0 Å². The van der Waals surface area contributed by atoms with Crippen molar-refractivity contribution in [1.82, 2.24) is 4.90 Å². The van der Waals surface area contributed by atoms with E-state index in [9.17, 15) is 27.9 Å². The normalized spacial score (nSPS) is 16.2. The number of nitrogens with zero attached hydrogens (tertiary/aromatic N) is 1. The minimum absolute atomic E-state index is 0.00546. The lowest BCUT2D eigenvalue weighted by molar-refractivity contribution is -0.137. The number of rotatable bonds is 13. The van der Waals surface area contributed by atoms with Crippen LogP contribution in [0.5, 0.6) is 0 Å². The molecule has 1 aliphatic rings. The van der Waals surface area contributed by atoms with E-state index < -0.39 is 23.8 Å². The van der Waals surface area contributed by atoms with Crippen LogP contribution in [0, 0.1) is 5.92 Å². The number of aliphatic hydroxyl groups excluding tert-OH is 1. The summed E-state index contributed by atoms with van der Waals surface area (Å²) in [5.74, 6) is -0.664. The first-order chi connectivity index (χ1) is 22.6. The summed E-state index contributed by atoms with van der Waals surface area (Å²) in [5, 5.41) is 11.3. The Balaban J connectivity index is 1.27. The molecule has 0 aromatic heterocycles. The molecule has 4 aromatic rings. The molecular weight excluding hydrogens is 599 g/mol. The second-order valence-electron chi connectivity index (χ2n) is 12.6. The van der Waals surface area contributed by atoms with Crippen molar-refractivity contribution < 1.29 is 27.9 Å². The molecule has 0 radical (unpaired) electrons. The zero-order valence-corrected chi connectivity index (χ0v) is 26.8. The number of amides is 1. The van der Waals surface area contributed by atoms with Gasteiger partial charge in [-0.25, -0.2) is 0 Å². The molecule has 0 bridgehead atoms. The maximum absolute atomic E-state index is 13.7. The number of likely N-dealkylation sites (tertiary alicyclic amines) is 1. The van der Waals surface area contributed by atoms with Gasteiger partial charge in [0, 0.05) is 24.1 Å². The first-order valence-corrected chi connectivity index (χ1v) is 16.5. The number of carbonyl (C=O) groups is 2. The van der Waals surface area contributed by atoms with Gasteiger partial charge in [-0.2, -0.15) is 13.2 Å². The highest BCUT2D eigenvalue weighted by atomic mass is 19.4. The lowest BCUT2D eigenvalue weighted by Crippen LogP contribution is -2.30. The van der Waals surface area contributed by atoms with Gasteiger partial charge in [0.05, 0.1) is 17.7 Å². The van der Waals surface area contributed by atoms with Crippen molar-refractivity contribution >= 4 is 11.7 Å².